The van der Waals surface area contributed by atoms with Crippen molar-refractivity contribution in [2.75, 3.05) is 13.1 Å². The van der Waals surface area contributed by atoms with E-state index < -0.39 is 0 Å². The minimum absolute atomic E-state index is 0.386. The maximum atomic E-state index is 5.84. The molecule has 1 saturated heterocycles. The second kappa shape index (κ2) is 6.21. The molecule has 2 aliphatic rings. The Kier molecular flexibility index (Phi) is 4.85. The summed E-state index contributed by atoms with van der Waals surface area (Å²) < 4.78 is 5.84. The first-order chi connectivity index (χ1) is 8.56. The van der Waals surface area contributed by atoms with E-state index >= 15 is 0 Å². The van der Waals surface area contributed by atoms with E-state index in [0.29, 0.717) is 18.2 Å². The van der Waals surface area contributed by atoms with Crippen molar-refractivity contribution in [2.45, 2.75) is 71.1 Å². The summed E-state index contributed by atoms with van der Waals surface area (Å²) >= 11 is 0. The molecular formula is C16H29NO. The van der Waals surface area contributed by atoms with Crippen molar-refractivity contribution in [1.29, 1.82) is 0 Å². The van der Waals surface area contributed by atoms with E-state index in [2.05, 4.69) is 32.3 Å². The summed E-state index contributed by atoms with van der Waals surface area (Å²) in [7, 11) is 0. The lowest BCUT2D eigenvalue weighted by molar-refractivity contribution is -0.0853. The molecule has 2 nitrogen and oxygen atoms in total. The van der Waals surface area contributed by atoms with Gasteiger partial charge in [0.1, 0.15) is 0 Å². The van der Waals surface area contributed by atoms with Crippen LogP contribution in [0.3, 0.4) is 0 Å². The molecule has 1 aliphatic heterocycles. The fraction of sp³-hybridized carbons (Fsp3) is 0.875. The predicted molar refractivity (Wildman–Crippen MR) is 76.8 cm³/mol. The van der Waals surface area contributed by atoms with Crippen molar-refractivity contribution >= 4 is 0 Å². The van der Waals surface area contributed by atoms with Crippen LogP contribution < -0.4 is 0 Å². The predicted octanol–water partition coefficient (Wildman–Crippen LogP) is 3.62. The molecule has 0 bridgehead atoms. The van der Waals surface area contributed by atoms with Crippen molar-refractivity contribution in [3.8, 4) is 0 Å². The number of rotatable bonds is 2. The summed E-state index contributed by atoms with van der Waals surface area (Å²) in [4.78, 5) is 2.65. The average Bonchev–Trinajstić information content (AvgIpc) is 2.52. The topological polar surface area (TPSA) is 12.5 Å². The summed E-state index contributed by atoms with van der Waals surface area (Å²) in [5, 5.41) is 0. The highest BCUT2D eigenvalue weighted by Crippen LogP contribution is 2.31. The van der Waals surface area contributed by atoms with Gasteiger partial charge in [-0.1, -0.05) is 12.2 Å². The Bertz CT molecular complexity index is 279. The number of morpholine rings is 1. The van der Waals surface area contributed by atoms with Crippen LogP contribution >= 0.6 is 0 Å². The van der Waals surface area contributed by atoms with Gasteiger partial charge in [0.15, 0.2) is 0 Å². The quantitative estimate of drug-likeness (QED) is 0.549. The van der Waals surface area contributed by atoms with Gasteiger partial charge in [-0.15, -0.1) is 0 Å². The number of ether oxygens (including phenoxy) is 1. The van der Waals surface area contributed by atoms with Crippen molar-refractivity contribution in [3.63, 3.8) is 0 Å². The smallest absolute Gasteiger partial charge is 0.0678 e. The Morgan fingerprint density at radius 1 is 1.17 bits per heavy atom. The summed E-state index contributed by atoms with van der Waals surface area (Å²) in [6, 6.07) is 0.699. The zero-order chi connectivity index (χ0) is 13.1. The Balaban J connectivity index is 1.92. The molecule has 0 radical (unpaired) electrons. The van der Waals surface area contributed by atoms with Crippen molar-refractivity contribution in [3.05, 3.63) is 12.2 Å². The summed E-state index contributed by atoms with van der Waals surface area (Å²) in [5.41, 5.74) is 1.47. The first-order valence-corrected chi connectivity index (χ1v) is 7.62. The number of nitrogens with zero attached hydrogens (tertiary/aromatic N) is 1. The lowest BCUT2D eigenvalue weighted by Gasteiger charge is -2.41. The second-order valence-corrected chi connectivity index (χ2v) is 6.39. The molecule has 0 aromatic rings. The fourth-order valence-corrected chi connectivity index (χ4v) is 3.60. The molecule has 2 fully saturated rings. The largest absolute Gasteiger partial charge is 0.373 e. The van der Waals surface area contributed by atoms with Gasteiger partial charge < -0.3 is 4.74 Å². The molecule has 0 spiro atoms. The van der Waals surface area contributed by atoms with Gasteiger partial charge in [-0.2, -0.15) is 0 Å². The van der Waals surface area contributed by atoms with Crippen LogP contribution in [-0.4, -0.2) is 36.2 Å². The third-order valence-electron chi connectivity index (χ3n) is 4.68. The molecule has 2 heteroatoms. The van der Waals surface area contributed by atoms with Gasteiger partial charge in [0.2, 0.25) is 0 Å². The normalized spacial score (nSPS) is 37.3. The highest BCUT2D eigenvalue weighted by atomic mass is 16.5. The number of hydrogen-bond acceptors (Lipinski definition) is 2. The molecule has 2 rings (SSSR count). The maximum absolute atomic E-state index is 5.84. The molecule has 18 heavy (non-hydrogen) atoms. The van der Waals surface area contributed by atoms with E-state index in [4.69, 9.17) is 4.74 Å². The van der Waals surface area contributed by atoms with Gasteiger partial charge in [-0.25, -0.2) is 0 Å². The summed E-state index contributed by atoms with van der Waals surface area (Å²) in [6.07, 6.45) is 7.31. The Morgan fingerprint density at radius 3 is 2.50 bits per heavy atom. The summed E-state index contributed by atoms with van der Waals surface area (Å²) in [5.74, 6) is 0.849. The standard InChI is InChI=1S/C16H29NO/c1-12-6-5-7-16(9-8-12)15(4)17-10-13(2)18-14(3)11-17/h13-16H,1,5-11H2,2-4H3/t13-,14+,15?,16?. The van der Waals surface area contributed by atoms with E-state index in [1.54, 1.807) is 0 Å². The van der Waals surface area contributed by atoms with Crippen LogP contribution in [0.2, 0.25) is 0 Å². The van der Waals surface area contributed by atoms with Gasteiger partial charge in [-0.05, 0) is 58.8 Å². The molecule has 0 aromatic heterocycles. The first kappa shape index (κ1) is 14.1. The van der Waals surface area contributed by atoms with Crippen molar-refractivity contribution in [2.24, 2.45) is 5.92 Å². The van der Waals surface area contributed by atoms with Crippen LogP contribution in [0.15, 0.2) is 12.2 Å². The van der Waals surface area contributed by atoms with Gasteiger partial charge in [-0.3, -0.25) is 4.90 Å². The zero-order valence-electron chi connectivity index (χ0n) is 12.3. The minimum atomic E-state index is 0.386. The van der Waals surface area contributed by atoms with Crippen molar-refractivity contribution in [1.82, 2.24) is 4.90 Å². The lowest BCUT2D eigenvalue weighted by atomic mass is 9.91. The molecule has 0 aromatic carbocycles. The van der Waals surface area contributed by atoms with Crippen LogP contribution in [0.1, 0.15) is 52.9 Å². The van der Waals surface area contributed by atoms with Crippen LogP contribution in [0.4, 0.5) is 0 Å². The van der Waals surface area contributed by atoms with Crippen LogP contribution in [0.5, 0.6) is 0 Å². The number of allylic oxidation sites excluding steroid dienone is 1. The minimum Gasteiger partial charge on any atom is -0.373 e. The number of hydrogen-bond donors (Lipinski definition) is 0. The van der Waals surface area contributed by atoms with Gasteiger partial charge in [0.05, 0.1) is 12.2 Å². The molecule has 0 amide bonds. The Morgan fingerprint density at radius 2 is 1.83 bits per heavy atom. The average molecular weight is 251 g/mol. The summed E-state index contributed by atoms with van der Waals surface area (Å²) in [6.45, 7) is 13.2. The fourth-order valence-electron chi connectivity index (χ4n) is 3.60. The molecule has 0 N–H and O–H groups in total. The van der Waals surface area contributed by atoms with E-state index in [-0.39, 0.29) is 0 Å². The van der Waals surface area contributed by atoms with E-state index in [9.17, 15) is 0 Å². The van der Waals surface area contributed by atoms with E-state index in [1.807, 2.05) is 0 Å². The Labute approximate surface area is 112 Å². The monoisotopic (exact) mass is 251 g/mol. The molecule has 2 unspecified atom stereocenters. The van der Waals surface area contributed by atoms with Crippen LogP contribution in [0, 0.1) is 5.92 Å². The molecule has 104 valence electrons. The van der Waals surface area contributed by atoms with Gasteiger partial charge >= 0.3 is 0 Å². The lowest BCUT2D eigenvalue weighted by Crippen LogP contribution is -2.51. The molecular weight excluding hydrogens is 222 g/mol. The van der Waals surface area contributed by atoms with Crippen LogP contribution in [-0.2, 0) is 4.74 Å². The van der Waals surface area contributed by atoms with Gasteiger partial charge in [0, 0.05) is 19.1 Å². The second-order valence-electron chi connectivity index (χ2n) is 6.39. The molecule has 1 saturated carbocycles. The van der Waals surface area contributed by atoms with E-state index in [0.717, 1.165) is 19.0 Å². The molecule has 1 heterocycles. The molecule has 1 aliphatic carbocycles. The van der Waals surface area contributed by atoms with Crippen LogP contribution in [0.25, 0.3) is 0 Å². The Hall–Kier alpha value is -0.340. The van der Waals surface area contributed by atoms with Crippen molar-refractivity contribution < 1.29 is 4.74 Å². The zero-order valence-corrected chi connectivity index (χ0v) is 12.3. The third kappa shape index (κ3) is 3.58. The highest BCUT2D eigenvalue weighted by molar-refractivity contribution is 4.97. The highest BCUT2D eigenvalue weighted by Gasteiger charge is 2.30. The van der Waals surface area contributed by atoms with E-state index in [1.165, 1.54) is 37.7 Å². The molecule has 4 atom stereocenters. The third-order valence-corrected chi connectivity index (χ3v) is 4.68. The van der Waals surface area contributed by atoms with Gasteiger partial charge in [0.25, 0.3) is 0 Å². The first-order valence-electron chi connectivity index (χ1n) is 7.62. The maximum Gasteiger partial charge on any atom is 0.0678 e. The SMILES string of the molecule is C=C1CCCC(C(C)N2C[C@@H](C)O[C@@H](C)C2)CC1.